The van der Waals surface area contributed by atoms with Crippen molar-refractivity contribution in [3.8, 4) is 0 Å². The van der Waals surface area contributed by atoms with Crippen molar-refractivity contribution in [1.82, 2.24) is 0 Å². The lowest BCUT2D eigenvalue weighted by molar-refractivity contribution is -0.150. The van der Waals surface area contributed by atoms with E-state index in [-0.39, 0.29) is 24.4 Å². The third-order valence-electron chi connectivity index (χ3n) is 7.06. The molecule has 39 heavy (non-hydrogen) atoms. The topological polar surface area (TPSA) is 105 Å². The van der Waals surface area contributed by atoms with Crippen molar-refractivity contribution in [1.29, 1.82) is 0 Å². The highest BCUT2D eigenvalue weighted by Crippen LogP contribution is 2.36. The number of sulfone groups is 1. The van der Waals surface area contributed by atoms with Gasteiger partial charge in [-0.15, -0.1) is 0 Å². The van der Waals surface area contributed by atoms with Gasteiger partial charge in [0.1, 0.15) is 5.75 Å². The first-order chi connectivity index (χ1) is 18.1. The fraction of sp³-hybridized carbons (Fsp3) is 0.733. The van der Waals surface area contributed by atoms with Crippen LogP contribution in [0.1, 0.15) is 91.7 Å². The minimum atomic E-state index is -3.62. The molecule has 0 bridgehead atoms. The zero-order valence-corrected chi connectivity index (χ0v) is 25.7. The molecule has 9 heteroatoms. The van der Waals surface area contributed by atoms with Crippen molar-refractivity contribution in [2.45, 2.75) is 104 Å². The maximum atomic E-state index is 13.4. The van der Waals surface area contributed by atoms with Gasteiger partial charge in [0.15, 0.2) is 15.6 Å². The zero-order chi connectivity index (χ0) is 29.3. The zero-order valence-electron chi connectivity index (χ0n) is 24.8. The van der Waals surface area contributed by atoms with E-state index >= 15 is 0 Å². The van der Waals surface area contributed by atoms with Gasteiger partial charge in [0, 0.05) is 6.42 Å². The SMILES string of the molecule is CCCCOC(=O)C(C)(CCCC(C)(C)CS(=O)(=O)CC(=O)OCC)c1cccc(CC2COC(C)(C)O2)c1. The van der Waals surface area contributed by atoms with E-state index in [0.717, 1.165) is 24.0 Å². The van der Waals surface area contributed by atoms with Crippen LogP contribution in [0, 0.1) is 5.41 Å². The van der Waals surface area contributed by atoms with Crippen LogP contribution >= 0.6 is 0 Å². The van der Waals surface area contributed by atoms with E-state index in [4.69, 9.17) is 18.9 Å². The molecule has 2 unspecified atom stereocenters. The van der Waals surface area contributed by atoms with Gasteiger partial charge in [-0.25, -0.2) is 8.42 Å². The van der Waals surface area contributed by atoms with Gasteiger partial charge in [-0.1, -0.05) is 57.9 Å². The second kappa shape index (κ2) is 14.1. The Morgan fingerprint density at radius 3 is 2.41 bits per heavy atom. The molecule has 0 aliphatic carbocycles. The minimum Gasteiger partial charge on any atom is -0.465 e. The van der Waals surface area contributed by atoms with Gasteiger partial charge in [0.05, 0.1) is 37.1 Å². The Bertz CT molecular complexity index is 1060. The van der Waals surface area contributed by atoms with Crippen LogP contribution in [0.2, 0.25) is 0 Å². The molecule has 8 nitrogen and oxygen atoms in total. The number of benzene rings is 1. The van der Waals surface area contributed by atoms with Crippen LogP contribution in [0.4, 0.5) is 0 Å². The Hall–Kier alpha value is -1.97. The largest absolute Gasteiger partial charge is 0.465 e. The molecule has 0 aromatic heterocycles. The number of ether oxygens (including phenoxy) is 4. The van der Waals surface area contributed by atoms with Gasteiger partial charge in [-0.2, -0.15) is 0 Å². The summed E-state index contributed by atoms with van der Waals surface area (Å²) in [5.41, 5.74) is 0.451. The standard InChI is InChI=1S/C30H48O8S/c1-8-10-17-36-27(32)30(7,16-12-15-28(3,4)22-39(33,34)21-26(31)35-9-2)24-14-11-13-23(18-24)19-25-20-37-29(5,6)38-25/h11,13-14,18,25H,8-10,12,15-17,19-22H2,1-7H3. The van der Waals surface area contributed by atoms with Crippen LogP contribution in [0.15, 0.2) is 24.3 Å². The molecule has 1 aliphatic rings. The third kappa shape index (κ3) is 10.8. The molecular weight excluding hydrogens is 520 g/mol. The molecule has 0 saturated carbocycles. The quantitative estimate of drug-likeness (QED) is 0.199. The average Bonchev–Trinajstić information content (AvgIpc) is 3.15. The van der Waals surface area contributed by atoms with Crippen molar-refractivity contribution in [3.05, 3.63) is 35.4 Å². The van der Waals surface area contributed by atoms with Crippen LogP contribution in [0.25, 0.3) is 0 Å². The number of rotatable bonds is 16. The van der Waals surface area contributed by atoms with E-state index in [2.05, 4.69) is 0 Å². The number of hydrogen-bond donors (Lipinski definition) is 0. The van der Waals surface area contributed by atoms with E-state index < -0.39 is 38.2 Å². The van der Waals surface area contributed by atoms with Gasteiger partial charge in [0.25, 0.3) is 0 Å². The summed E-state index contributed by atoms with van der Waals surface area (Å²) in [6.45, 7) is 14.2. The highest BCUT2D eigenvalue weighted by atomic mass is 32.2. The average molecular weight is 569 g/mol. The Kier molecular flexibility index (Phi) is 12.0. The van der Waals surface area contributed by atoms with Crippen molar-refractivity contribution in [2.24, 2.45) is 5.41 Å². The summed E-state index contributed by atoms with van der Waals surface area (Å²) >= 11 is 0. The Morgan fingerprint density at radius 2 is 1.79 bits per heavy atom. The molecule has 2 rings (SSSR count). The molecule has 1 aliphatic heterocycles. The summed E-state index contributed by atoms with van der Waals surface area (Å²) in [5.74, 6) is -2.36. The Morgan fingerprint density at radius 1 is 1.08 bits per heavy atom. The number of carbonyl (C=O) groups excluding carboxylic acids is 2. The monoisotopic (exact) mass is 568 g/mol. The normalized spacial score (nSPS) is 18.9. The van der Waals surface area contributed by atoms with E-state index in [1.807, 2.05) is 65.8 Å². The fourth-order valence-electron chi connectivity index (χ4n) is 5.02. The molecule has 2 atom stereocenters. The van der Waals surface area contributed by atoms with Crippen molar-refractivity contribution in [3.63, 3.8) is 0 Å². The van der Waals surface area contributed by atoms with Crippen LogP contribution in [0.5, 0.6) is 0 Å². The summed E-state index contributed by atoms with van der Waals surface area (Å²) in [5, 5.41) is 0. The first kappa shape index (κ1) is 33.2. The number of unbranched alkanes of at least 4 members (excludes halogenated alkanes) is 1. The molecule has 1 aromatic rings. The van der Waals surface area contributed by atoms with Crippen LogP contribution in [-0.2, 0) is 50.2 Å². The first-order valence-corrected chi connectivity index (χ1v) is 15.9. The lowest BCUT2D eigenvalue weighted by atomic mass is 9.75. The van der Waals surface area contributed by atoms with E-state index in [0.29, 0.717) is 38.9 Å². The Balaban J connectivity index is 2.16. The van der Waals surface area contributed by atoms with E-state index in [1.54, 1.807) is 6.92 Å². The molecule has 1 saturated heterocycles. The Labute approximate surface area is 235 Å². The molecule has 1 heterocycles. The van der Waals surface area contributed by atoms with Crippen LogP contribution in [-0.4, -0.2) is 63.6 Å². The molecule has 1 fully saturated rings. The minimum absolute atomic E-state index is 0.0598. The van der Waals surface area contributed by atoms with Gasteiger partial charge in [-0.3, -0.25) is 9.59 Å². The van der Waals surface area contributed by atoms with Gasteiger partial charge < -0.3 is 18.9 Å². The molecule has 1 aromatic carbocycles. The highest BCUT2D eigenvalue weighted by Gasteiger charge is 2.38. The molecule has 0 spiro atoms. The van der Waals surface area contributed by atoms with Gasteiger partial charge in [-0.05, 0) is 63.5 Å². The maximum absolute atomic E-state index is 13.4. The molecule has 0 radical (unpaired) electrons. The molecule has 0 amide bonds. The molecule has 222 valence electrons. The van der Waals surface area contributed by atoms with E-state index in [9.17, 15) is 18.0 Å². The predicted octanol–water partition coefficient (Wildman–Crippen LogP) is 5.16. The molecule has 0 N–H and O–H groups in total. The lowest BCUT2D eigenvalue weighted by Crippen LogP contribution is -2.36. The summed E-state index contributed by atoms with van der Waals surface area (Å²) in [7, 11) is -3.62. The number of carbonyl (C=O) groups is 2. The van der Waals surface area contributed by atoms with Crippen molar-refractivity contribution >= 4 is 21.8 Å². The first-order valence-electron chi connectivity index (χ1n) is 14.1. The van der Waals surface area contributed by atoms with Crippen LogP contribution in [0.3, 0.4) is 0 Å². The van der Waals surface area contributed by atoms with Crippen molar-refractivity contribution < 1.29 is 37.0 Å². The van der Waals surface area contributed by atoms with E-state index in [1.165, 1.54) is 0 Å². The summed E-state index contributed by atoms with van der Waals surface area (Å²) in [6, 6.07) is 7.98. The predicted molar refractivity (Wildman–Crippen MR) is 151 cm³/mol. The summed E-state index contributed by atoms with van der Waals surface area (Å²) in [4.78, 5) is 25.2. The maximum Gasteiger partial charge on any atom is 0.321 e. The second-order valence-electron chi connectivity index (χ2n) is 12.0. The summed E-state index contributed by atoms with van der Waals surface area (Å²) in [6.07, 6.45) is 4.00. The third-order valence-corrected chi connectivity index (χ3v) is 8.96. The molecular formula is C30H48O8S. The van der Waals surface area contributed by atoms with Gasteiger partial charge in [0.2, 0.25) is 0 Å². The summed E-state index contributed by atoms with van der Waals surface area (Å²) < 4.78 is 47.4. The number of hydrogen-bond acceptors (Lipinski definition) is 8. The second-order valence-corrected chi connectivity index (χ2v) is 14.1. The number of esters is 2. The highest BCUT2D eigenvalue weighted by molar-refractivity contribution is 7.92. The lowest BCUT2D eigenvalue weighted by Gasteiger charge is -2.31. The van der Waals surface area contributed by atoms with Gasteiger partial charge >= 0.3 is 11.9 Å². The van der Waals surface area contributed by atoms with Crippen LogP contribution < -0.4 is 0 Å². The van der Waals surface area contributed by atoms with Crippen molar-refractivity contribution in [2.75, 3.05) is 31.3 Å². The fourth-order valence-corrected chi connectivity index (χ4v) is 6.90. The smallest absolute Gasteiger partial charge is 0.321 e.